The summed E-state index contributed by atoms with van der Waals surface area (Å²) in [5.41, 5.74) is 1.31. The molecule has 0 radical (unpaired) electrons. The van der Waals surface area contributed by atoms with Crippen LogP contribution in [-0.4, -0.2) is 21.5 Å². The molecule has 1 aliphatic carbocycles. The number of amides is 1. The quantitative estimate of drug-likeness (QED) is 0.841. The molecule has 0 spiro atoms. The van der Waals surface area contributed by atoms with E-state index in [0.29, 0.717) is 17.6 Å². The SMILES string of the molecule is O=C([O-])[C@@H]1C[C@H]1C(=O)Nc1ccc2snnc2c1. The Morgan fingerprint density at radius 1 is 1.39 bits per heavy atom. The van der Waals surface area contributed by atoms with E-state index in [1.54, 1.807) is 12.1 Å². The monoisotopic (exact) mass is 262 g/mol. The lowest BCUT2D eigenvalue weighted by Gasteiger charge is -2.04. The summed E-state index contributed by atoms with van der Waals surface area (Å²) in [6.07, 6.45) is 0.356. The molecule has 2 aromatic rings. The fraction of sp³-hybridized carbons (Fsp3) is 0.273. The van der Waals surface area contributed by atoms with Gasteiger partial charge < -0.3 is 15.2 Å². The van der Waals surface area contributed by atoms with E-state index in [1.807, 2.05) is 6.07 Å². The van der Waals surface area contributed by atoms with Gasteiger partial charge in [-0.3, -0.25) is 4.79 Å². The van der Waals surface area contributed by atoms with E-state index in [4.69, 9.17) is 0 Å². The number of aliphatic carboxylic acids is 1. The number of anilines is 1. The Morgan fingerprint density at radius 3 is 2.94 bits per heavy atom. The molecule has 1 saturated carbocycles. The van der Waals surface area contributed by atoms with Crippen molar-refractivity contribution in [2.24, 2.45) is 11.8 Å². The molecule has 6 nitrogen and oxygen atoms in total. The predicted octanol–water partition coefficient (Wildman–Crippen LogP) is 0.0158. The summed E-state index contributed by atoms with van der Waals surface area (Å²) in [6.45, 7) is 0. The average Bonchev–Trinajstić information content (AvgIpc) is 3.02. The second-order valence-electron chi connectivity index (χ2n) is 4.21. The van der Waals surface area contributed by atoms with Crippen LogP contribution in [0.15, 0.2) is 18.2 Å². The minimum absolute atomic E-state index is 0.285. The van der Waals surface area contributed by atoms with Gasteiger partial charge in [-0.25, -0.2) is 0 Å². The molecule has 0 saturated heterocycles. The van der Waals surface area contributed by atoms with Crippen molar-refractivity contribution in [3.8, 4) is 0 Å². The first-order valence-corrected chi connectivity index (χ1v) is 6.16. The van der Waals surface area contributed by atoms with Crippen LogP contribution >= 0.6 is 11.5 Å². The van der Waals surface area contributed by atoms with E-state index >= 15 is 0 Å². The number of nitrogens with zero attached hydrogens (tertiary/aromatic N) is 2. The molecule has 1 fully saturated rings. The second-order valence-corrected chi connectivity index (χ2v) is 5.00. The summed E-state index contributed by atoms with van der Waals surface area (Å²) in [5, 5.41) is 17.1. The fourth-order valence-corrected chi connectivity index (χ4v) is 2.38. The maximum Gasteiger partial charge on any atom is 0.228 e. The molecular formula is C11H8N3O3S-. The highest BCUT2D eigenvalue weighted by Gasteiger charge is 2.43. The molecule has 1 heterocycles. The standard InChI is InChI=1S/C11H9N3O3S/c15-10(6-4-7(6)11(16)17)12-5-1-2-9-8(3-5)13-14-18-9/h1-3,6-7H,4H2,(H,12,15)(H,16,17)/p-1/t6-,7-/m1/s1. The number of carboxylic acid groups (broad SMARTS) is 1. The van der Waals surface area contributed by atoms with Crippen LogP contribution in [-0.2, 0) is 9.59 Å². The van der Waals surface area contributed by atoms with Gasteiger partial charge in [-0.2, -0.15) is 0 Å². The van der Waals surface area contributed by atoms with Gasteiger partial charge in [0.25, 0.3) is 0 Å². The minimum atomic E-state index is -1.16. The van der Waals surface area contributed by atoms with Crippen molar-refractivity contribution >= 4 is 39.3 Å². The number of rotatable bonds is 3. The van der Waals surface area contributed by atoms with Gasteiger partial charge in [0.1, 0.15) is 5.52 Å². The third-order valence-electron chi connectivity index (χ3n) is 2.94. The molecular weight excluding hydrogens is 254 g/mol. The first-order valence-electron chi connectivity index (χ1n) is 5.39. The molecule has 3 rings (SSSR count). The molecule has 1 N–H and O–H groups in total. The van der Waals surface area contributed by atoms with Gasteiger partial charge in [-0.05, 0) is 36.2 Å². The van der Waals surface area contributed by atoms with Crippen LogP contribution in [0, 0.1) is 11.8 Å². The van der Waals surface area contributed by atoms with Crippen LogP contribution in [0.1, 0.15) is 6.42 Å². The second kappa shape index (κ2) is 4.02. The molecule has 1 amide bonds. The smallest absolute Gasteiger partial charge is 0.228 e. The molecule has 7 heteroatoms. The van der Waals surface area contributed by atoms with Gasteiger partial charge in [0.2, 0.25) is 5.91 Å². The van der Waals surface area contributed by atoms with Gasteiger partial charge in [0.15, 0.2) is 0 Å². The van der Waals surface area contributed by atoms with E-state index in [2.05, 4.69) is 14.9 Å². The van der Waals surface area contributed by atoms with Crippen molar-refractivity contribution in [3.63, 3.8) is 0 Å². The van der Waals surface area contributed by atoms with E-state index in [-0.39, 0.29) is 5.91 Å². The van der Waals surface area contributed by atoms with Crippen molar-refractivity contribution in [3.05, 3.63) is 18.2 Å². The Hall–Kier alpha value is -2.02. The highest BCUT2D eigenvalue weighted by molar-refractivity contribution is 7.12. The molecule has 1 aromatic carbocycles. The third-order valence-corrected chi connectivity index (χ3v) is 3.65. The average molecular weight is 262 g/mol. The summed E-state index contributed by atoms with van der Waals surface area (Å²) in [4.78, 5) is 22.3. The molecule has 0 bridgehead atoms. The van der Waals surface area contributed by atoms with Crippen LogP contribution in [0.25, 0.3) is 10.2 Å². The Labute approximate surface area is 106 Å². The highest BCUT2D eigenvalue weighted by Crippen LogP contribution is 2.38. The number of fused-ring (bicyclic) bond motifs is 1. The first-order chi connectivity index (χ1) is 8.65. The van der Waals surface area contributed by atoms with Crippen molar-refractivity contribution in [2.75, 3.05) is 5.32 Å². The fourth-order valence-electron chi connectivity index (χ4n) is 1.84. The Kier molecular flexibility index (Phi) is 2.48. The molecule has 0 unspecified atom stereocenters. The van der Waals surface area contributed by atoms with E-state index in [9.17, 15) is 14.7 Å². The normalized spacial score (nSPS) is 21.8. The zero-order valence-corrected chi connectivity index (χ0v) is 9.94. The number of aromatic nitrogens is 2. The van der Waals surface area contributed by atoms with Crippen LogP contribution < -0.4 is 10.4 Å². The van der Waals surface area contributed by atoms with Crippen LogP contribution in [0.3, 0.4) is 0 Å². The lowest BCUT2D eigenvalue weighted by atomic mass is 10.2. The number of hydrogen-bond donors (Lipinski definition) is 1. The van der Waals surface area contributed by atoms with Crippen LogP contribution in [0.4, 0.5) is 5.69 Å². The molecule has 0 aliphatic heterocycles. The van der Waals surface area contributed by atoms with Gasteiger partial charge >= 0.3 is 0 Å². The maximum atomic E-state index is 11.7. The number of carboxylic acids is 1. The van der Waals surface area contributed by atoms with Crippen molar-refractivity contribution < 1.29 is 14.7 Å². The molecule has 18 heavy (non-hydrogen) atoms. The first kappa shape index (κ1) is 11.1. The van der Waals surface area contributed by atoms with Gasteiger partial charge in [-0.1, -0.05) is 4.49 Å². The summed E-state index contributed by atoms with van der Waals surface area (Å²) in [6, 6.07) is 5.28. The van der Waals surface area contributed by atoms with Crippen molar-refractivity contribution in [1.82, 2.24) is 9.59 Å². The van der Waals surface area contributed by atoms with E-state index in [0.717, 1.165) is 4.70 Å². The predicted molar refractivity (Wildman–Crippen MR) is 62.6 cm³/mol. The number of carbonyl (C=O) groups is 2. The largest absolute Gasteiger partial charge is 0.550 e. The highest BCUT2D eigenvalue weighted by atomic mass is 32.1. The van der Waals surface area contributed by atoms with Gasteiger partial charge in [0.05, 0.1) is 4.70 Å². The zero-order valence-electron chi connectivity index (χ0n) is 9.12. The summed E-state index contributed by atoms with van der Waals surface area (Å²) in [5.74, 6) is -2.56. The number of benzene rings is 1. The minimum Gasteiger partial charge on any atom is -0.550 e. The van der Waals surface area contributed by atoms with Gasteiger partial charge in [-0.15, -0.1) is 5.10 Å². The van der Waals surface area contributed by atoms with Crippen molar-refractivity contribution in [2.45, 2.75) is 6.42 Å². The summed E-state index contributed by atoms with van der Waals surface area (Å²) >= 11 is 1.28. The zero-order chi connectivity index (χ0) is 12.7. The number of hydrogen-bond acceptors (Lipinski definition) is 6. The topological polar surface area (TPSA) is 95.0 Å². The van der Waals surface area contributed by atoms with Gasteiger partial charge in [0, 0.05) is 23.5 Å². The Balaban J connectivity index is 1.72. The molecule has 2 atom stereocenters. The van der Waals surface area contributed by atoms with Crippen LogP contribution in [0.2, 0.25) is 0 Å². The summed E-state index contributed by atoms with van der Waals surface area (Å²) < 4.78 is 4.73. The van der Waals surface area contributed by atoms with E-state index in [1.165, 1.54) is 11.5 Å². The lowest BCUT2D eigenvalue weighted by molar-refractivity contribution is -0.308. The third kappa shape index (κ3) is 1.92. The molecule has 92 valence electrons. The lowest BCUT2D eigenvalue weighted by Crippen LogP contribution is -2.27. The maximum absolute atomic E-state index is 11.7. The number of nitrogens with one attached hydrogen (secondary N) is 1. The molecule has 1 aliphatic rings. The van der Waals surface area contributed by atoms with Crippen LogP contribution in [0.5, 0.6) is 0 Å². The Morgan fingerprint density at radius 2 is 2.22 bits per heavy atom. The number of carbonyl (C=O) groups excluding carboxylic acids is 2. The summed E-state index contributed by atoms with van der Waals surface area (Å²) in [7, 11) is 0. The Bertz CT molecular complexity index is 639. The van der Waals surface area contributed by atoms with E-state index < -0.39 is 17.8 Å². The van der Waals surface area contributed by atoms with Crippen molar-refractivity contribution in [1.29, 1.82) is 0 Å². The molecule has 1 aromatic heterocycles.